The van der Waals surface area contributed by atoms with E-state index in [1.54, 1.807) is 18.4 Å². The molecule has 4 rings (SSSR count). The first-order chi connectivity index (χ1) is 14.2. The van der Waals surface area contributed by atoms with Crippen molar-refractivity contribution in [1.29, 1.82) is 0 Å². The quantitative estimate of drug-likeness (QED) is 0.211. The number of halogens is 1. The molecule has 0 atom stereocenters. The van der Waals surface area contributed by atoms with E-state index in [1.165, 1.54) is 20.9 Å². The zero-order valence-electron chi connectivity index (χ0n) is 17.1. The molecule has 30 heavy (non-hydrogen) atoms. The molecule has 5 nitrogen and oxygen atoms in total. The molecule has 0 aliphatic heterocycles. The molecule has 4 aromatic rings. The van der Waals surface area contributed by atoms with E-state index >= 15 is 0 Å². The average Bonchev–Trinajstić information content (AvgIpc) is 3.35. The van der Waals surface area contributed by atoms with Crippen LogP contribution in [0.3, 0.4) is 0 Å². The summed E-state index contributed by atoms with van der Waals surface area (Å²) in [6, 6.07) is 21.2. The lowest BCUT2D eigenvalue weighted by molar-refractivity contribution is 0.809. The Kier molecular flexibility index (Phi) is 7.87. The maximum Gasteiger partial charge on any atom is 0.191 e. The topological polar surface area (TPSA) is 54.2 Å². The number of aryl methyl sites for hydroxylation is 1. The Morgan fingerprint density at radius 2 is 1.70 bits per heavy atom. The number of benzene rings is 2. The summed E-state index contributed by atoms with van der Waals surface area (Å²) in [6.07, 6.45) is 1.91. The van der Waals surface area contributed by atoms with Crippen molar-refractivity contribution < 1.29 is 0 Å². The van der Waals surface area contributed by atoms with Gasteiger partial charge in [0.25, 0.3) is 0 Å². The van der Waals surface area contributed by atoms with E-state index in [2.05, 4.69) is 80.6 Å². The Hall–Kier alpha value is -2.39. The maximum atomic E-state index is 4.46. The van der Waals surface area contributed by atoms with Crippen LogP contribution in [0.15, 0.2) is 72.0 Å². The standard InChI is InChI=1S/C23H25N5S.HI/c1-17-7-12-20(29-17)14-26-23(24-2)25-13-18-8-10-19(11-9-18)15-28-16-27-21-5-3-4-6-22(21)28;/h3-12,16H,13-15H2,1-2H3,(H2,24,25,26);1H. The van der Waals surface area contributed by atoms with Crippen LogP contribution in [0.5, 0.6) is 0 Å². The predicted octanol–water partition coefficient (Wildman–Crippen LogP) is 4.94. The first-order valence-corrected chi connectivity index (χ1v) is 10.5. The Bertz CT molecular complexity index is 1110. The van der Waals surface area contributed by atoms with Gasteiger partial charge in [0.05, 0.1) is 23.9 Å². The van der Waals surface area contributed by atoms with Crippen LogP contribution in [0.25, 0.3) is 11.0 Å². The lowest BCUT2D eigenvalue weighted by Gasteiger charge is -2.12. The molecule has 0 spiro atoms. The molecular weight excluding hydrogens is 505 g/mol. The molecule has 0 amide bonds. The number of aliphatic imine (C=N–C) groups is 1. The number of imidazole rings is 1. The summed E-state index contributed by atoms with van der Waals surface area (Å²) in [5.41, 5.74) is 4.67. The molecule has 2 heterocycles. The molecule has 2 aromatic heterocycles. The fourth-order valence-corrected chi connectivity index (χ4v) is 4.08. The molecule has 0 radical (unpaired) electrons. The molecule has 0 saturated carbocycles. The highest BCUT2D eigenvalue weighted by Gasteiger charge is 2.04. The highest BCUT2D eigenvalue weighted by atomic mass is 127. The number of thiophene rings is 1. The van der Waals surface area contributed by atoms with Gasteiger partial charge in [-0.1, -0.05) is 36.4 Å². The third-order valence-corrected chi connectivity index (χ3v) is 5.81. The highest BCUT2D eigenvalue weighted by molar-refractivity contribution is 14.0. The van der Waals surface area contributed by atoms with Gasteiger partial charge < -0.3 is 15.2 Å². The number of aromatic nitrogens is 2. The van der Waals surface area contributed by atoms with E-state index < -0.39 is 0 Å². The van der Waals surface area contributed by atoms with E-state index in [9.17, 15) is 0 Å². The number of rotatable bonds is 6. The van der Waals surface area contributed by atoms with Crippen molar-refractivity contribution in [2.24, 2.45) is 4.99 Å². The molecule has 2 aromatic carbocycles. The molecule has 0 unspecified atom stereocenters. The van der Waals surface area contributed by atoms with Crippen LogP contribution in [-0.4, -0.2) is 22.6 Å². The van der Waals surface area contributed by atoms with Crippen LogP contribution < -0.4 is 10.6 Å². The molecule has 0 aliphatic rings. The van der Waals surface area contributed by atoms with Crippen molar-refractivity contribution in [2.45, 2.75) is 26.6 Å². The minimum atomic E-state index is 0. The van der Waals surface area contributed by atoms with E-state index in [0.717, 1.165) is 36.6 Å². The summed E-state index contributed by atoms with van der Waals surface area (Å²) >= 11 is 1.81. The predicted molar refractivity (Wildman–Crippen MR) is 137 cm³/mol. The number of hydrogen-bond acceptors (Lipinski definition) is 3. The molecule has 7 heteroatoms. The second-order valence-corrected chi connectivity index (χ2v) is 8.34. The first-order valence-electron chi connectivity index (χ1n) is 9.69. The minimum Gasteiger partial charge on any atom is -0.352 e. The number of nitrogens with one attached hydrogen (secondary N) is 2. The first kappa shape index (κ1) is 22.3. The van der Waals surface area contributed by atoms with Gasteiger partial charge in [-0.05, 0) is 42.3 Å². The second-order valence-electron chi connectivity index (χ2n) is 6.97. The third kappa shape index (κ3) is 5.60. The fraction of sp³-hybridized carbons (Fsp3) is 0.217. The number of fused-ring (bicyclic) bond motifs is 1. The molecular formula is C23H26IN5S. The van der Waals surface area contributed by atoms with E-state index in [4.69, 9.17) is 0 Å². The summed E-state index contributed by atoms with van der Waals surface area (Å²) in [6.45, 7) is 4.46. The van der Waals surface area contributed by atoms with E-state index in [1.807, 2.05) is 18.5 Å². The Balaban J connectivity index is 0.00000256. The van der Waals surface area contributed by atoms with Gasteiger partial charge >= 0.3 is 0 Å². The molecule has 0 saturated heterocycles. The highest BCUT2D eigenvalue weighted by Crippen LogP contribution is 2.15. The third-order valence-electron chi connectivity index (χ3n) is 4.81. The number of hydrogen-bond donors (Lipinski definition) is 2. The van der Waals surface area contributed by atoms with Crippen LogP contribution in [0.1, 0.15) is 20.9 Å². The second kappa shape index (κ2) is 10.6. The summed E-state index contributed by atoms with van der Waals surface area (Å²) < 4.78 is 2.18. The normalized spacial score (nSPS) is 11.3. The zero-order chi connectivity index (χ0) is 20.1. The Labute approximate surface area is 198 Å². The van der Waals surface area contributed by atoms with Gasteiger partial charge in [-0.3, -0.25) is 4.99 Å². The van der Waals surface area contributed by atoms with Gasteiger partial charge in [0.2, 0.25) is 0 Å². The van der Waals surface area contributed by atoms with Gasteiger partial charge in [-0.2, -0.15) is 0 Å². The molecule has 0 bridgehead atoms. The van der Waals surface area contributed by atoms with Gasteiger partial charge in [-0.25, -0.2) is 4.98 Å². The number of nitrogens with zero attached hydrogens (tertiary/aromatic N) is 3. The maximum absolute atomic E-state index is 4.46. The van der Waals surface area contributed by atoms with Crippen LogP contribution >= 0.6 is 35.3 Å². The van der Waals surface area contributed by atoms with Gasteiger partial charge in [-0.15, -0.1) is 35.3 Å². The smallest absolute Gasteiger partial charge is 0.191 e. The summed E-state index contributed by atoms with van der Waals surface area (Å²) in [4.78, 5) is 11.4. The average molecular weight is 531 g/mol. The molecule has 2 N–H and O–H groups in total. The number of guanidine groups is 1. The van der Waals surface area contributed by atoms with Crippen molar-refractivity contribution in [3.63, 3.8) is 0 Å². The van der Waals surface area contributed by atoms with Gasteiger partial charge in [0.1, 0.15) is 0 Å². The fourth-order valence-electron chi connectivity index (χ4n) is 3.25. The lowest BCUT2D eigenvalue weighted by atomic mass is 10.1. The zero-order valence-corrected chi connectivity index (χ0v) is 20.3. The monoisotopic (exact) mass is 531 g/mol. The van der Waals surface area contributed by atoms with Crippen molar-refractivity contribution in [1.82, 2.24) is 20.2 Å². The summed E-state index contributed by atoms with van der Waals surface area (Å²) in [7, 11) is 1.80. The Morgan fingerprint density at radius 3 is 2.43 bits per heavy atom. The SMILES string of the molecule is CN=C(NCc1ccc(Cn2cnc3ccccc32)cc1)NCc1ccc(C)s1.I. The van der Waals surface area contributed by atoms with Gasteiger partial charge in [0.15, 0.2) is 5.96 Å². The molecule has 0 aliphatic carbocycles. The number of para-hydroxylation sites is 2. The molecule has 156 valence electrons. The largest absolute Gasteiger partial charge is 0.352 e. The van der Waals surface area contributed by atoms with Crippen molar-refractivity contribution in [3.8, 4) is 0 Å². The van der Waals surface area contributed by atoms with Crippen LogP contribution in [-0.2, 0) is 19.6 Å². The minimum absolute atomic E-state index is 0. The van der Waals surface area contributed by atoms with Crippen molar-refractivity contribution in [2.75, 3.05) is 7.05 Å². The van der Waals surface area contributed by atoms with Crippen LogP contribution in [0, 0.1) is 6.92 Å². The summed E-state index contributed by atoms with van der Waals surface area (Å²) in [5.74, 6) is 0.810. The van der Waals surface area contributed by atoms with Crippen molar-refractivity contribution in [3.05, 3.63) is 87.9 Å². The van der Waals surface area contributed by atoms with E-state index in [-0.39, 0.29) is 24.0 Å². The van der Waals surface area contributed by atoms with Crippen LogP contribution in [0.4, 0.5) is 0 Å². The van der Waals surface area contributed by atoms with Crippen molar-refractivity contribution >= 4 is 52.3 Å². The lowest BCUT2D eigenvalue weighted by Crippen LogP contribution is -2.36. The van der Waals surface area contributed by atoms with E-state index in [0.29, 0.717) is 0 Å². The molecule has 0 fully saturated rings. The summed E-state index contributed by atoms with van der Waals surface area (Å²) in [5, 5.41) is 6.75. The van der Waals surface area contributed by atoms with Gasteiger partial charge in [0, 0.05) is 29.9 Å². The Morgan fingerprint density at radius 1 is 0.967 bits per heavy atom. The van der Waals surface area contributed by atoms with Crippen LogP contribution in [0.2, 0.25) is 0 Å².